The van der Waals surface area contributed by atoms with Gasteiger partial charge in [0.15, 0.2) is 0 Å². The summed E-state index contributed by atoms with van der Waals surface area (Å²) in [5.41, 5.74) is 6.50. The van der Waals surface area contributed by atoms with Crippen molar-refractivity contribution < 1.29 is 4.74 Å². The predicted octanol–water partition coefficient (Wildman–Crippen LogP) is 3.33. The van der Waals surface area contributed by atoms with Gasteiger partial charge in [-0.3, -0.25) is 0 Å². The molecule has 0 bridgehead atoms. The predicted molar refractivity (Wildman–Crippen MR) is 83.9 cm³/mol. The largest absolute Gasteiger partial charge is 0.464 e. The van der Waals surface area contributed by atoms with Gasteiger partial charge in [-0.2, -0.15) is 15.0 Å². The molecule has 0 fully saturated rings. The van der Waals surface area contributed by atoms with E-state index in [2.05, 4.69) is 20.3 Å². The van der Waals surface area contributed by atoms with Crippen LogP contribution in [0.2, 0.25) is 10.0 Å². The highest BCUT2D eigenvalue weighted by molar-refractivity contribution is 6.35. The average Bonchev–Trinajstić information content (AvgIpc) is 2.37. The Labute approximate surface area is 132 Å². The zero-order valence-electron chi connectivity index (χ0n) is 11.6. The first-order valence-corrected chi connectivity index (χ1v) is 7.11. The zero-order valence-corrected chi connectivity index (χ0v) is 13.1. The SMILES string of the molecule is CCOc1nc(N)nc(NC(C)c2ccc(Cl)cc2Cl)n1. The van der Waals surface area contributed by atoms with E-state index in [1.807, 2.05) is 19.9 Å². The number of nitrogens with two attached hydrogens (primary N) is 1. The van der Waals surface area contributed by atoms with Crippen molar-refractivity contribution in [2.75, 3.05) is 17.7 Å². The summed E-state index contributed by atoms with van der Waals surface area (Å²) in [6.45, 7) is 4.21. The number of hydrogen-bond donors (Lipinski definition) is 2. The third-order valence-corrected chi connectivity index (χ3v) is 3.24. The van der Waals surface area contributed by atoms with E-state index in [4.69, 9.17) is 33.7 Å². The highest BCUT2D eigenvalue weighted by atomic mass is 35.5. The minimum Gasteiger partial charge on any atom is -0.464 e. The lowest BCUT2D eigenvalue weighted by molar-refractivity contribution is 0.312. The molecule has 0 aliphatic heterocycles. The first kappa shape index (κ1) is 15.6. The molecule has 0 radical (unpaired) electrons. The van der Waals surface area contributed by atoms with Gasteiger partial charge < -0.3 is 15.8 Å². The Balaban J connectivity index is 2.20. The van der Waals surface area contributed by atoms with E-state index in [0.29, 0.717) is 22.6 Å². The Bertz CT molecular complexity index is 638. The first-order valence-electron chi connectivity index (χ1n) is 6.35. The van der Waals surface area contributed by atoms with Crippen LogP contribution in [0.15, 0.2) is 18.2 Å². The van der Waals surface area contributed by atoms with E-state index in [1.165, 1.54) is 0 Å². The van der Waals surface area contributed by atoms with Gasteiger partial charge in [-0.05, 0) is 31.5 Å². The smallest absolute Gasteiger partial charge is 0.323 e. The third-order valence-electron chi connectivity index (χ3n) is 2.68. The second-order valence-corrected chi connectivity index (χ2v) is 5.11. The van der Waals surface area contributed by atoms with Gasteiger partial charge in [-0.15, -0.1) is 0 Å². The molecule has 1 atom stereocenters. The Kier molecular flexibility index (Phi) is 5.03. The van der Waals surface area contributed by atoms with Crippen molar-refractivity contribution in [3.8, 4) is 6.01 Å². The molecule has 8 heteroatoms. The summed E-state index contributed by atoms with van der Waals surface area (Å²) in [4.78, 5) is 12.0. The van der Waals surface area contributed by atoms with Crippen molar-refractivity contribution in [3.05, 3.63) is 33.8 Å². The van der Waals surface area contributed by atoms with Crippen molar-refractivity contribution in [1.29, 1.82) is 0 Å². The topological polar surface area (TPSA) is 86.0 Å². The van der Waals surface area contributed by atoms with Crippen molar-refractivity contribution in [1.82, 2.24) is 15.0 Å². The number of anilines is 2. The monoisotopic (exact) mass is 327 g/mol. The van der Waals surface area contributed by atoms with Gasteiger partial charge >= 0.3 is 6.01 Å². The lowest BCUT2D eigenvalue weighted by Crippen LogP contribution is -2.12. The lowest BCUT2D eigenvalue weighted by atomic mass is 10.1. The molecule has 1 heterocycles. The van der Waals surface area contributed by atoms with Gasteiger partial charge in [0.2, 0.25) is 11.9 Å². The number of nitrogen functional groups attached to an aromatic ring is 1. The minimum atomic E-state index is -0.133. The molecule has 1 aromatic carbocycles. The van der Waals surface area contributed by atoms with Crippen LogP contribution in [-0.4, -0.2) is 21.6 Å². The van der Waals surface area contributed by atoms with Crippen LogP contribution in [0, 0.1) is 0 Å². The fourth-order valence-corrected chi connectivity index (χ4v) is 2.33. The fraction of sp³-hybridized carbons (Fsp3) is 0.308. The highest BCUT2D eigenvalue weighted by Crippen LogP contribution is 2.28. The molecule has 112 valence electrons. The van der Waals surface area contributed by atoms with Gasteiger partial charge in [-0.25, -0.2) is 0 Å². The fourth-order valence-electron chi connectivity index (χ4n) is 1.75. The summed E-state index contributed by atoms with van der Waals surface area (Å²) >= 11 is 12.1. The molecule has 21 heavy (non-hydrogen) atoms. The van der Waals surface area contributed by atoms with Crippen molar-refractivity contribution >= 4 is 35.1 Å². The zero-order chi connectivity index (χ0) is 15.4. The number of halogens is 2. The van der Waals surface area contributed by atoms with Crippen molar-refractivity contribution in [2.24, 2.45) is 0 Å². The Morgan fingerprint density at radius 1 is 1.29 bits per heavy atom. The van der Waals surface area contributed by atoms with Crippen molar-refractivity contribution in [2.45, 2.75) is 19.9 Å². The van der Waals surface area contributed by atoms with E-state index < -0.39 is 0 Å². The maximum Gasteiger partial charge on any atom is 0.323 e. The Morgan fingerprint density at radius 3 is 2.71 bits per heavy atom. The molecule has 6 nitrogen and oxygen atoms in total. The number of ether oxygens (including phenoxy) is 1. The maximum absolute atomic E-state index is 6.18. The summed E-state index contributed by atoms with van der Waals surface area (Å²) < 4.78 is 5.23. The van der Waals surface area contributed by atoms with Crippen LogP contribution >= 0.6 is 23.2 Å². The van der Waals surface area contributed by atoms with Crippen LogP contribution in [0.4, 0.5) is 11.9 Å². The van der Waals surface area contributed by atoms with E-state index >= 15 is 0 Å². The summed E-state index contributed by atoms with van der Waals surface area (Å²) in [7, 11) is 0. The van der Waals surface area contributed by atoms with Gasteiger partial charge in [0.05, 0.1) is 12.6 Å². The molecule has 0 aliphatic rings. The Hall–Kier alpha value is -1.79. The molecule has 1 aromatic heterocycles. The van der Waals surface area contributed by atoms with Gasteiger partial charge in [0, 0.05) is 10.0 Å². The summed E-state index contributed by atoms with van der Waals surface area (Å²) in [5.74, 6) is 0.412. The molecule has 0 saturated heterocycles. The molecule has 2 aromatic rings. The molecule has 0 aliphatic carbocycles. The van der Waals surface area contributed by atoms with E-state index in [9.17, 15) is 0 Å². The van der Waals surface area contributed by atoms with Crippen LogP contribution in [0.5, 0.6) is 6.01 Å². The Morgan fingerprint density at radius 2 is 2.05 bits per heavy atom. The number of aromatic nitrogens is 3. The summed E-state index contributed by atoms with van der Waals surface area (Å²) in [6, 6.07) is 5.35. The molecular formula is C13H15Cl2N5O. The summed E-state index contributed by atoms with van der Waals surface area (Å²) in [6.07, 6.45) is 0. The van der Waals surface area contributed by atoms with E-state index in [0.717, 1.165) is 5.56 Å². The number of nitrogens with one attached hydrogen (secondary N) is 1. The van der Waals surface area contributed by atoms with Crippen LogP contribution < -0.4 is 15.8 Å². The third kappa shape index (κ3) is 4.09. The molecule has 1 unspecified atom stereocenters. The van der Waals surface area contributed by atoms with Crippen LogP contribution in [0.1, 0.15) is 25.5 Å². The quantitative estimate of drug-likeness (QED) is 0.875. The van der Waals surface area contributed by atoms with Crippen LogP contribution in [-0.2, 0) is 0 Å². The van der Waals surface area contributed by atoms with Gasteiger partial charge in [-0.1, -0.05) is 29.3 Å². The molecule has 0 amide bonds. The number of benzene rings is 1. The molecule has 3 N–H and O–H groups in total. The minimum absolute atomic E-state index is 0.0883. The van der Waals surface area contributed by atoms with E-state index in [1.54, 1.807) is 12.1 Å². The molecule has 2 rings (SSSR count). The number of hydrogen-bond acceptors (Lipinski definition) is 6. The number of nitrogens with zero attached hydrogens (tertiary/aromatic N) is 3. The standard InChI is InChI=1S/C13H15Cl2N5O/c1-3-21-13-19-11(16)18-12(20-13)17-7(2)9-5-4-8(14)6-10(9)15/h4-7H,3H2,1-2H3,(H3,16,17,18,19,20). The normalized spacial score (nSPS) is 12.0. The lowest BCUT2D eigenvalue weighted by Gasteiger charge is -2.16. The molecule has 0 saturated carbocycles. The van der Waals surface area contributed by atoms with Crippen molar-refractivity contribution in [3.63, 3.8) is 0 Å². The van der Waals surface area contributed by atoms with Crippen LogP contribution in [0.3, 0.4) is 0 Å². The van der Waals surface area contributed by atoms with Crippen LogP contribution in [0.25, 0.3) is 0 Å². The number of rotatable bonds is 5. The van der Waals surface area contributed by atoms with E-state index in [-0.39, 0.29) is 18.0 Å². The highest BCUT2D eigenvalue weighted by Gasteiger charge is 2.13. The van der Waals surface area contributed by atoms with Gasteiger partial charge in [0.1, 0.15) is 0 Å². The van der Waals surface area contributed by atoms with Gasteiger partial charge in [0.25, 0.3) is 0 Å². The maximum atomic E-state index is 6.18. The first-order chi connectivity index (χ1) is 9.99. The second-order valence-electron chi connectivity index (χ2n) is 4.26. The molecular weight excluding hydrogens is 313 g/mol. The summed E-state index contributed by atoms with van der Waals surface area (Å²) in [5, 5.41) is 4.26. The second kappa shape index (κ2) is 6.78. The molecule has 0 spiro atoms. The average molecular weight is 328 g/mol.